The number of methoxy groups -OCH3 is 1. The standard InChI is InChI=1S/C29H33N5O4/c1-20(2)26(17-32(3)27(36)15-21-8-6-9-23(14-21)38-5)34(19-35)18-28(37)33(4)25-12-11-22(16-30)29-24(25)10-7-13-31-29/h6-14,19-20,26H,15,17-18H2,1-5H3. The van der Waals surface area contributed by atoms with Gasteiger partial charge < -0.3 is 19.4 Å². The Morgan fingerprint density at radius 2 is 1.87 bits per heavy atom. The van der Waals surface area contributed by atoms with Crippen LogP contribution in [0.5, 0.6) is 5.75 Å². The lowest BCUT2D eigenvalue weighted by atomic mass is 10.0. The first-order valence-corrected chi connectivity index (χ1v) is 12.3. The summed E-state index contributed by atoms with van der Waals surface area (Å²) in [4.78, 5) is 47.2. The predicted octanol–water partition coefficient (Wildman–Crippen LogP) is 3.26. The molecular formula is C29H33N5O4. The number of pyridine rings is 1. The number of likely N-dealkylation sites (N-methyl/N-ethyl adjacent to an activating group) is 2. The van der Waals surface area contributed by atoms with Gasteiger partial charge in [-0.2, -0.15) is 5.26 Å². The minimum Gasteiger partial charge on any atom is -0.497 e. The van der Waals surface area contributed by atoms with Crippen molar-refractivity contribution in [1.82, 2.24) is 14.8 Å². The van der Waals surface area contributed by atoms with Gasteiger partial charge in [-0.05, 0) is 47.9 Å². The van der Waals surface area contributed by atoms with Crippen molar-refractivity contribution in [2.24, 2.45) is 5.92 Å². The van der Waals surface area contributed by atoms with Crippen molar-refractivity contribution in [2.45, 2.75) is 26.3 Å². The highest BCUT2D eigenvalue weighted by atomic mass is 16.5. The number of anilines is 1. The smallest absolute Gasteiger partial charge is 0.246 e. The Bertz CT molecular complexity index is 1350. The van der Waals surface area contributed by atoms with Crippen LogP contribution in [0.3, 0.4) is 0 Å². The molecule has 1 aromatic heterocycles. The zero-order valence-corrected chi connectivity index (χ0v) is 22.4. The third kappa shape index (κ3) is 6.45. The first-order chi connectivity index (χ1) is 18.2. The minimum absolute atomic E-state index is 0.00897. The van der Waals surface area contributed by atoms with Crippen molar-refractivity contribution >= 4 is 34.8 Å². The molecule has 0 aliphatic heterocycles. The Balaban J connectivity index is 1.74. The van der Waals surface area contributed by atoms with E-state index in [1.165, 1.54) is 9.80 Å². The van der Waals surface area contributed by atoms with Gasteiger partial charge in [-0.15, -0.1) is 0 Å². The fourth-order valence-electron chi connectivity index (χ4n) is 4.34. The number of carbonyl (C=O) groups excluding carboxylic acids is 3. The highest BCUT2D eigenvalue weighted by Crippen LogP contribution is 2.27. The largest absolute Gasteiger partial charge is 0.497 e. The molecule has 198 valence electrons. The molecule has 3 aromatic rings. The minimum atomic E-state index is -0.372. The van der Waals surface area contributed by atoms with Crippen molar-refractivity contribution in [3.8, 4) is 11.8 Å². The Kier molecular flexibility index (Phi) is 9.39. The number of amides is 3. The van der Waals surface area contributed by atoms with Crippen molar-refractivity contribution in [3.05, 3.63) is 65.9 Å². The molecule has 0 saturated carbocycles. The van der Waals surface area contributed by atoms with E-state index >= 15 is 0 Å². The number of aromatic nitrogens is 1. The van der Waals surface area contributed by atoms with E-state index in [4.69, 9.17) is 4.74 Å². The predicted molar refractivity (Wildman–Crippen MR) is 146 cm³/mol. The Labute approximate surface area is 223 Å². The number of hydrogen-bond acceptors (Lipinski definition) is 6. The van der Waals surface area contributed by atoms with E-state index in [1.807, 2.05) is 38.1 Å². The SMILES string of the molecule is COc1cccc(CC(=O)N(C)CC(C(C)C)N(C=O)CC(=O)N(C)c2ccc(C#N)c3ncccc23)c1. The van der Waals surface area contributed by atoms with Gasteiger partial charge in [-0.3, -0.25) is 19.4 Å². The summed E-state index contributed by atoms with van der Waals surface area (Å²) in [7, 11) is 4.91. The zero-order chi connectivity index (χ0) is 27.8. The number of benzene rings is 2. The third-order valence-electron chi connectivity index (χ3n) is 6.63. The second kappa shape index (κ2) is 12.7. The molecule has 1 atom stereocenters. The molecule has 3 rings (SSSR count). The summed E-state index contributed by atoms with van der Waals surface area (Å²) in [5.41, 5.74) is 2.35. The first-order valence-electron chi connectivity index (χ1n) is 12.3. The van der Waals surface area contributed by atoms with Crippen LogP contribution in [0.25, 0.3) is 10.9 Å². The molecule has 3 amide bonds. The third-order valence-corrected chi connectivity index (χ3v) is 6.63. The number of ether oxygens (including phenoxy) is 1. The van der Waals surface area contributed by atoms with Gasteiger partial charge in [0.05, 0.1) is 36.3 Å². The first kappa shape index (κ1) is 28.1. The van der Waals surface area contributed by atoms with Crippen LogP contribution >= 0.6 is 0 Å². The molecule has 0 N–H and O–H groups in total. The van der Waals surface area contributed by atoms with Gasteiger partial charge in [0, 0.05) is 32.2 Å². The van der Waals surface area contributed by atoms with Crippen LogP contribution in [0.1, 0.15) is 25.0 Å². The monoisotopic (exact) mass is 515 g/mol. The molecule has 0 fully saturated rings. The molecular weight excluding hydrogens is 482 g/mol. The quantitative estimate of drug-likeness (QED) is 0.363. The summed E-state index contributed by atoms with van der Waals surface area (Å²) in [5, 5.41) is 10.1. The van der Waals surface area contributed by atoms with E-state index in [0.717, 1.165) is 5.56 Å². The Morgan fingerprint density at radius 3 is 2.53 bits per heavy atom. The second-order valence-electron chi connectivity index (χ2n) is 9.49. The molecule has 2 aromatic carbocycles. The average molecular weight is 516 g/mol. The van der Waals surface area contributed by atoms with Crippen molar-refractivity contribution in [1.29, 1.82) is 5.26 Å². The summed E-state index contributed by atoms with van der Waals surface area (Å²) in [6.45, 7) is 4.02. The number of rotatable bonds is 11. The highest BCUT2D eigenvalue weighted by molar-refractivity contribution is 6.04. The van der Waals surface area contributed by atoms with E-state index in [1.54, 1.807) is 56.6 Å². The molecule has 1 heterocycles. The normalized spacial score (nSPS) is 11.5. The van der Waals surface area contributed by atoms with Gasteiger partial charge in [-0.1, -0.05) is 26.0 Å². The molecule has 0 radical (unpaired) electrons. The molecule has 9 nitrogen and oxygen atoms in total. The fourth-order valence-corrected chi connectivity index (χ4v) is 4.34. The topological polar surface area (TPSA) is 107 Å². The van der Waals surface area contributed by atoms with E-state index in [-0.39, 0.29) is 43.3 Å². The summed E-state index contributed by atoms with van der Waals surface area (Å²) in [6.07, 6.45) is 2.46. The van der Waals surface area contributed by atoms with Crippen molar-refractivity contribution in [2.75, 3.05) is 39.2 Å². The molecule has 0 spiro atoms. The van der Waals surface area contributed by atoms with E-state index in [2.05, 4.69) is 11.1 Å². The van der Waals surface area contributed by atoms with Crippen LogP contribution in [-0.2, 0) is 20.8 Å². The van der Waals surface area contributed by atoms with Gasteiger partial charge in [0.15, 0.2) is 0 Å². The molecule has 0 bridgehead atoms. The lowest BCUT2D eigenvalue weighted by Crippen LogP contribution is -2.50. The van der Waals surface area contributed by atoms with Gasteiger partial charge in [0.2, 0.25) is 18.2 Å². The van der Waals surface area contributed by atoms with Gasteiger partial charge in [0.1, 0.15) is 18.4 Å². The van der Waals surface area contributed by atoms with Crippen LogP contribution in [0.15, 0.2) is 54.7 Å². The summed E-state index contributed by atoms with van der Waals surface area (Å²) < 4.78 is 5.24. The maximum atomic E-state index is 13.3. The molecule has 0 saturated heterocycles. The van der Waals surface area contributed by atoms with E-state index in [0.29, 0.717) is 34.3 Å². The van der Waals surface area contributed by atoms with Crippen molar-refractivity contribution < 1.29 is 19.1 Å². The molecule has 0 aliphatic rings. The zero-order valence-electron chi connectivity index (χ0n) is 22.4. The van der Waals surface area contributed by atoms with Crippen LogP contribution < -0.4 is 9.64 Å². The lowest BCUT2D eigenvalue weighted by Gasteiger charge is -2.35. The Morgan fingerprint density at radius 1 is 1.11 bits per heavy atom. The van der Waals surface area contributed by atoms with Gasteiger partial charge >= 0.3 is 0 Å². The van der Waals surface area contributed by atoms with Crippen LogP contribution in [0.2, 0.25) is 0 Å². The number of carbonyl (C=O) groups is 3. The summed E-state index contributed by atoms with van der Waals surface area (Å²) in [6, 6.07) is 16.0. The molecule has 1 unspecified atom stereocenters. The van der Waals surface area contributed by atoms with Crippen molar-refractivity contribution in [3.63, 3.8) is 0 Å². The van der Waals surface area contributed by atoms with E-state index in [9.17, 15) is 19.6 Å². The maximum Gasteiger partial charge on any atom is 0.246 e. The van der Waals surface area contributed by atoms with Crippen LogP contribution in [-0.4, -0.2) is 73.3 Å². The fraction of sp³-hybridized carbons (Fsp3) is 0.345. The summed E-state index contributed by atoms with van der Waals surface area (Å²) in [5.74, 6) is 0.265. The Hall–Kier alpha value is -4.45. The molecule has 0 aliphatic carbocycles. The average Bonchev–Trinajstić information content (AvgIpc) is 2.93. The number of hydrogen-bond donors (Lipinski definition) is 0. The molecule has 38 heavy (non-hydrogen) atoms. The number of nitriles is 1. The highest BCUT2D eigenvalue weighted by Gasteiger charge is 2.27. The second-order valence-corrected chi connectivity index (χ2v) is 9.49. The number of nitrogens with zero attached hydrogens (tertiary/aromatic N) is 5. The lowest BCUT2D eigenvalue weighted by molar-refractivity contribution is -0.133. The van der Waals surface area contributed by atoms with Crippen LogP contribution in [0.4, 0.5) is 5.69 Å². The summed E-state index contributed by atoms with van der Waals surface area (Å²) >= 11 is 0. The maximum absolute atomic E-state index is 13.3. The number of fused-ring (bicyclic) bond motifs is 1. The van der Waals surface area contributed by atoms with Gasteiger partial charge in [0.25, 0.3) is 0 Å². The molecule has 9 heteroatoms. The van der Waals surface area contributed by atoms with Crippen LogP contribution in [0, 0.1) is 17.2 Å². The van der Waals surface area contributed by atoms with Gasteiger partial charge in [-0.25, -0.2) is 0 Å². The van der Waals surface area contributed by atoms with E-state index < -0.39 is 0 Å².